The second-order valence-electron chi connectivity index (χ2n) is 6.69. The van der Waals surface area contributed by atoms with Crippen molar-refractivity contribution in [3.63, 3.8) is 0 Å². The topological polar surface area (TPSA) is 133 Å². The summed E-state index contributed by atoms with van der Waals surface area (Å²) in [6.07, 6.45) is 0. The van der Waals surface area contributed by atoms with Gasteiger partial charge in [0.15, 0.2) is 0 Å². The molecule has 30 heavy (non-hydrogen) atoms. The van der Waals surface area contributed by atoms with Crippen LogP contribution in [-0.4, -0.2) is 27.0 Å². The molecule has 3 aromatic carbocycles. The fraction of sp³-hybridized carbons (Fsp3) is 0.100. The van der Waals surface area contributed by atoms with E-state index in [4.69, 9.17) is 0 Å². The van der Waals surface area contributed by atoms with E-state index in [9.17, 15) is 27.0 Å². The third-order valence-electron chi connectivity index (χ3n) is 4.29. The first-order valence-electron chi connectivity index (χ1n) is 8.73. The highest BCUT2D eigenvalue weighted by molar-refractivity contribution is 7.93. The van der Waals surface area contributed by atoms with E-state index < -0.39 is 20.0 Å². The monoisotopic (exact) mass is 448 g/mol. The number of phenolic OH excluding ortho intramolecular Hbond substituents is 2. The van der Waals surface area contributed by atoms with E-state index in [0.717, 1.165) is 6.07 Å². The molecule has 3 rings (SSSR count). The molecule has 8 nitrogen and oxygen atoms in total. The van der Waals surface area contributed by atoms with E-state index in [1.54, 1.807) is 13.8 Å². The van der Waals surface area contributed by atoms with Gasteiger partial charge in [-0.05, 0) is 79.6 Å². The van der Waals surface area contributed by atoms with Gasteiger partial charge in [0.1, 0.15) is 11.5 Å². The number of rotatable bonds is 6. The molecule has 0 saturated carbocycles. The van der Waals surface area contributed by atoms with Crippen molar-refractivity contribution < 1.29 is 27.0 Å². The first-order valence-corrected chi connectivity index (χ1v) is 11.7. The lowest BCUT2D eigenvalue weighted by Gasteiger charge is -2.15. The van der Waals surface area contributed by atoms with Gasteiger partial charge in [0.25, 0.3) is 20.0 Å². The SMILES string of the molecule is Cc1cc(C)c(S(=O)(=O)Nc2ccc(O)cc2)cc1S(=O)(=O)Nc1ccc(O)cc1. The number of nitrogens with one attached hydrogen (secondary N) is 2. The summed E-state index contributed by atoms with van der Waals surface area (Å²) < 4.78 is 56.3. The van der Waals surface area contributed by atoms with E-state index in [-0.39, 0.29) is 32.7 Å². The van der Waals surface area contributed by atoms with E-state index >= 15 is 0 Å². The second-order valence-corrected chi connectivity index (χ2v) is 9.99. The van der Waals surface area contributed by atoms with Crippen molar-refractivity contribution >= 4 is 31.4 Å². The molecule has 0 heterocycles. The average Bonchev–Trinajstić information content (AvgIpc) is 2.64. The molecule has 4 N–H and O–H groups in total. The zero-order chi connectivity index (χ0) is 22.1. The van der Waals surface area contributed by atoms with Crippen molar-refractivity contribution in [2.24, 2.45) is 0 Å². The fourth-order valence-corrected chi connectivity index (χ4v) is 5.57. The summed E-state index contributed by atoms with van der Waals surface area (Å²) in [6, 6.07) is 13.5. The first kappa shape index (κ1) is 21.5. The minimum Gasteiger partial charge on any atom is -0.508 e. The zero-order valence-electron chi connectivity index (χ0n) is 16.1. The molecule has 0 amide bonds. The second kappa shape index (κ2) is 7.88. The van der Waals surface area contributed by atoms with Gasteiger partial charge in [-0.15, -0.1) is 0 Å². The molecule has 0 radical (unpaired) electrons. The Kier molecular flexibility index (Phi) is 5.64. The van der Waals surface area contributed by atoms with Crippen LogP contribution in [0.4, 0.5) is 11.4 Å². The van der Waals surface area contributed by atoms with Gasteiger partial charge in [-0.2, -0.15) is 0 Å². The summed E-state index contributed by atoms with van der Waals surface area (Å²) in [7, 11) is -8.18. The van der Waals surface area contributed by atoms with Crippen LogP contribution in [0.25, 0.3) is 0 Å². The van der Waals surface area contributed by atoms with Gasteiger partial charge >= 0.3 is 0 Å². The van der Waals surface area contributed by atoms with Gasteiger partial charge in [-0.3, -0.25) is 9.44 Å². The van der Waals surface area contributed by atoms with Crippen LogP contribution in [-0.2, 0) is 20.0 Å². The van der Waals surface area contributed by atoms with Gasteiger partial charge in [0.2, 0.25) is 0 Å². The molecule has 0 spiro atoms. The highest BCUT2D eigenvalue weighted by Crippen LogP contribution is 2.28. The van der Waals surface area contributed by atoms with Crippen LogP contribution < -0.4 is 9.44 Å². The van der Waals surface area contributed by atoms with Crippen molar-refractivity contribution in [3.05, 3.63) is 71.8 Å². The van der Waals surface area contributed by atoms with Crippen LogP contribution in [0, 0.1) is 13.8 Å². The molecule has 0 fully saturated rings. The summed E-state index contributed by atoms with van der Waals surface area (Å²) in [5.74, 6) is -0.0312. The molecule has 0 bridgehead atoms. The summed E-state index contributed by atoms with van der Waals surface area (Å²) in [6.45, 7) is 3.14. The molecule has 0 aliphatic carbocycles. The van der Waals surface area contributed by atoms with Gasteiger partial charge in [-0.25, -0.2) is 16.8 Å². The number of benzene rings is 3. The molecular formula is C20H20N2O6S2. The third-order valence-corrected chi connectivity index (χ3v) is 7.34. The fourth-order valence-electron chi connectivity index (χ4n) is 2.87. The van der Waals surface area contributed by atoms with Gasteiger partial charge in [0, 0.05) is 11.4 Å². The summed E-state index contributed by atoms with van der Waals surface area (Å²) in [4.78, 5) is -0.375. The van der Waals surface area contributed by atoms with E-state index in [1.807, 2.05) is 0 Å². The Morgan fingerprint density at radius 2 is 0.933 bits per heavy atom. The predicted octanol–water partition coefficient (Wildman–Crippen LogP) is 3.32. The normalized spacial score (nSPS) is 11.8. The van der Waals surface area contributed by atoms with Gasteiger partial charge in [-0.1, -0.05) is 6.07 Å². The lowest BCUT2D eigenvalue weighted by atomic mass is 10.2. The maximum atomic E-state index is 12.9. The molecule has 0 aliphatic rings. The number of anilines is 2. The molecule has 0 saturated heterocycles. The molecule has 0 aromatic heterocycles. The number of hydrogen-bond donors (Lipinski definition) is 4. The van der Waals surface area contributed by atoms with E-state index in [0.29, 0.717) is 11.1 Å². The summed E-state index contributed by atoms with van der Waals surface area (Å²) in [5, 5.41) is 18.7. The Morgan fingerprint density at radius 3 is 1.27 bits per heavy atom. The molecule has 0 atom stereocenters. The van der Waals surface area contributed by atoms with Gasteiger partial charge in [0.05, 0.1) is 9.79 Å². The van der Waals surface area contributed by atoms with E-state index in [1.165, 1.54) is 54.6 Å². The number of hydrogen-bond acceptors (Lipinski definition) is 6. The highest BCUT2D eigenvalue weighted by Gasteiger charge is 2.24. The predicted molar refractivity (Wildman–Crippen MR) is 114 cm³/mol. The average molecular weight is 449 g/mol. The van der Waals surface area contributed by atoms with Crippen LogP contribution in [0.3, 0.4) is 0 Å². The van der Waals surface area contributed by atoms with Crippen LogP contribution in [0.2, 0.25) is 0 Å². The molecule has 10 heteroatoms. The zero-order valence-corrected chi connectivity index (χ0v) is 17.8. The highest BCUT2D eigenvalue weighted by atomic mass is 32.2. The molecule has 0 aliphatic heterocycles. The van der Waals surface area contributed by atoms with Crippen molar-refractivity contribution in [3.8, 4) is 11.5 Å². The largest absolute Gasteiger partial charge is 0.508 e. The Hall–Kier alpha value is -3.24. The first-order chi connectivity index (χ1) is 14.0. The van der Waals surface area contributed by atoms with Gasteiger partial charge < -0.3 is 10.2 Å². The van der Waals surface area contributed by atoms with Crippen molar-refractivity contribution in [1.29, 1.82) is 0 Å². The summed E-state index contributed by atoms with van der Waals surface area (Å²) in [5.41, 5.74) is 1.20. The minimum atomic E-state index is -4.09. The number of phenols is 2. The lowest BCUT2D eigenvalue weighted by molar-refractivity contribution is 0.475. The minimum absolute atomic E-state index is 0.0156. The van der Waals surface area contributed by atoms with Crippen LogP contribution in [0.5, 0.6) is 11.5 Å². The molecule has 3 aromatic rings. The summed E-state index contributed by atoms with van der Waals surface area (Å²) >= 11 is 0. The Labute approximate surface area is 174 Å². The van der Waals surface area contributed by atoms with Crippen molar-refractivity contribution in [2.45, 2.75) is 23.6 Å². The smallest absolute Gasteiger partial charge is 0.262 e. The Bertz CT molecular complexity index is 1190. The van der Waals surface area contributed by atoms with Crippen molar-refractivity contribution in [2.75, 3.05) is 9.44 Å². The molecule has 0 unspecified atom stereocenters. The third kappa shape index (κ3) is 4.66. The molecular weight excluding hydrogens is 428 g/mol. The number of aryl methyl sites for hydroxylation is 2. The quantitative estimate of drug-likeness (QED) is 0.428. The van der Waals surface area contributed by atoms with E-state index in [2.05, 4.69) is 9.44 Å². The number of sulfonamides is 2. The van der Waals surface area contributed by atoms with Crippen molar-refractivity contribution in [1.82, 2.24) is 0 Å². The standard InChI is InChI=1S/C20H20N2O6S2/c1-13-11-14(2)20(30(27,28)22-16-5-9-18(24)10-6-16)12-19(13)29(25,26)21-15-3-7-17(23)8-4-15/h3-12,21-24H,1-2H3. The maximum absolute atomic E-state index is 12.9. The maximum Gasteiger partial charge on any atom is 0.262 e. The van der Waals surface area contributed by atoms with Crippen LogP contribution in [0.1, 0.15) is 11.1 Å². The number of aromatic hydroxyl groups is 2. The molecule has 158 valence electrons. The lowest BCUT2D eigenvalue weighted by Crippen LogP contribution is -2.18. The van der Waals surface area contributed by atoms with Crippen LogP contribution >= 0.6 is 0 Å². The Morgan fingerprint density at radius 1 is 0.600 bits per heavy atom. The Balaban J connectivity index is 2.00. The van der Waals surface area contributed by atoms with Crippen LogP contribution in [0.15, 0.2) is 70.5 Å².